The lowest BCUT2D eigenvalue weighted by Gasteiger charge is -2.13. The number of aryl methyl sites for hydroxylation is 3. The predicted octanol–water partition coefficient (Wildman–Crippen LogP) is 1.65. The Hall–Kier alpha value is -1.17. The fourth-order valence-electron chi connectivity index (χ4n) is 1.68. The normalized spacial score (nSPS) is 13.0. The minimum Gasteiger partial charge on any atom is -0.336 e. The Bertz CT molecular complexity index is 466. The lowest BCUT2D eigenvalue weighted by atomic mass is 10.2. The van der Waals surface area contributed by atoms with Crippen LogP contribution in [0.4, 0.5) is 0 Å². The summed E-state index contributed by atoms with van der Waals surface area (Å²) in [5, 5.41) is 0. The molecule has 2 aromatic heterocycles. The number of hydrogen-bond donors (Lipinski definition) is 2. The molecule has 3 N–H and O–H groups in total. The van der Waals surface area contributed by atoms with Crippen LogP contribution >= 0.6 is 11.3 Å². The van der Waals surface area contributed by atoms with Gasteiger partial charge >= 0.3 is 0 Å². The van der Waals surface area contributed by atoms with Crippen molar-refractivity contribution in [2.75, 3.05) is 0 Å². The van der Waals surface area contributed by atoms with Gasteiger partial charge < -0.3 is 4.57 Å². The lowest BCUT2D eigenvalue weighted by Crippen LogP contribution is -2.30. The molecule has 1 atom stereocenters. The molecule has 0 amide bonds. The van der Waals surface area contributed by atoms with Gasteiger partial charge in [0.15, 0.2) is 0 Å². The number of aromatic nitrogens is 2. The summed E-state index contributed by atoms with van der Waals surface area (Å²) in [6, 6.07) is 2.14. The second-order valence-electron chi connectivity index (χ2n) is 3.88. The van der Waals surface area contributed by atoms with Gasteiger partial charge in [-0.1, -0.05) is 0 Å². The summed E-state index contributed by atoms with van der Waals surface area (Å²) in [4.78, 5) is 6.85. The first-order valence-electron chi connectivity index (χ1n) is 5.13. The van der Waals surface area contributed by atoms with Gasteiger partial charge in [-0.2, -0.15) is 0 Å². The van der Waals surface area contributed by atoms with E-state index >= 15 is 0 Å². The van der Waals surface area contributed by atoms with Crippen LogP contribution in [0.25, 0.3) is 0 Å². The summed E-state index contributed by atoms with van der Waals surface area (Å²) in [5.74, 6) is 6.56. The maximum absolute atomic E-state index is 5.63. The first kappa shape index (κ1) is 11.3. The minimum absolute atomic E-state index is 0.0302. The Labute approximate surface area is 99.1 Å². The van der Waals surface area contributed by atoms with Crippen molar-refractivity contribution in [3.63, 3.8) is 0 Å². The van der Waals surface area contributed by atoms with Crippen LogP contribution in [-0.4, -0.2) is 9.55 Å². The summed E-state index contributed by atoms with van der Waals surface area (Å²) in [7, 11) is 1.97. The quantitative estimate of drug-likeness (QED) is 0.629. The highest BCUT2D eigenvalue weighted by molar-refractivity contribution is 7.12. The molecule has 16 heavy (non-hydrogen) atoms. The number of nitrogens with two attached hydrogens (primary N) is 1. The Morgan fingerprint density at radius 3 is 2.69 bits per heavy atom. The van der Waals surface area contributed by atoms with Crippen molar-refractivity contribution in [3.05, 3.63) is 39.6 Å². The zero-order chi connectivity index (χ0) is 11.7. The van der Waals surface area contributed by atoms with Crippen molar-refractivity contribution in [2.24, 2.45) is 12.9 Å². The zero-order valence-corrected chi connectivity index (χ0v) is 10.5. The molecular weight excluding hydrogens is 220 g/mol. The summed E-state index contributed by atoms with van der Waals surface area (Å²) in [6.07, 6.45) is 3.71. The van der Waals surface area contributed by atoms with Gasteiger partial charge in [-0.25, -0.2) is 10.4 Å². The van der Waals surface area contributed by atoms with Gasteiger partial charge in [0.25, 0.3) is 0 Å². The van der Waals surface area contributed by atoms with Gasteiger partial charge in [-0.15, -0.1) is 11.3 Å². The van der Waals surface area contributed by atoms with Crippen LogP contribution in [-0.2, 0) is 7.05 Å². The third kappa shape index (κ3) is 1.89. The van der Waals surface area contributed by atoms with Crippen LogP contribution in [0.3, 0.4) is 0 Å². The van der Waals surface area contributed by atoms with Crippen molar-refractivity contribution in [1.29, 1.82) is 0 Å². The summed E-state index contributed by atoms with van der Waals surface area (Å²) in [6.45, 7) is 4.23. The third-order valence-electron chi connectivity index (χ3n) is 2.75. The molecule has 2 heterocycles. The Morgan fingerprint density at radius 2 is 2.25 bits per heavy atom. The van der Waals surface area contributed by atoms with Gasteiger partial charge in [-0.3, -0.25) is 5.84 Å². The predicted molar refractivity (Wildman–Crippen MR) is 66.2 cm³/mol. The maximum atomic E-state index is 5.63. The first-order valence-corrected chi connectivity index (χ1v) is 5.95. The molecule has 0 aromatic carbocycles. The molecule has 2 aromatic rings. The van der Waals surface area contributed by atoms with E-state index in [-0.39, 0.29) is 6.04 Å². The van der Waals surface area contributed by atoms with E-state index in [1.54, 1.807) is 17.5 Å². The number of nitrogens with one attached hydrogen (secondary N) is 1. The fourth-order valence-corrected chi connectivity index (χ4v) is 2.78. The second-order valence-corrected chi connectivity index (χ2v) is 5.17. The van der Waals surface area contributed by atoms with E-state index in [0.29, 0.717) is 0 Å². The molecule has 0 bridgehead atoms. The van der Waals surface area contributed by atoms with E-state index in [2.05, 4.69) is 30.3 Å². The van der Waals surface area contributed by atoms with Crippen LogP contribution in [0.5, 0.6) is 0 Å². The highest BCUT2D eigenvalue weighted by Crippen LogP contribution is 2.29. The average molecular weight is 236 g/mol. The molecular formula is C11H16N4S. The van der Waals surface area contributed by atoms with E-state index in [1.807, 2.05) is 17.8 Å². The third-order valence-corrected chi connectivity index (χ3v) is 3.97. The topological polar surface area (TPSA) is 55.9 Å². The highest BCUT2D eigenvalue weighted by Gasteiger charge is 2.19. The van der Waals surface area contributed by atoms with Gasteiger partial charge in [0.1, 0.15) is 11.9 Å². The maximum Gasteiger partial charge on any atom is 0.132 e. The van der Waals surface area contributed by atoms with Crippen molar-refractivity contribution in [2.45, 2.75) is 19.9 Å². The van der Waals surface area contributed by atoms with Crippen molar-refractivity contribution in [1.82, 2.24) is 15.0 Å². The molecule has 5 heteroatoms. The van der Waals surface area contributed by atoms with Crippen molar-refractivity contribution >= 4 is 11.3 Å². The molecule has 0 aliphatic rings. The van der Waals surface area contributed by atoms with Gasteiger partial charge in [0.05, 0.1) is 0 Å². The SMILES string of the molecule is Cc1cc(C(NN)c2nccn2C)sc1C. The number of hydrogen-bond acceptors (Lipinski definition) is 4. The van der Waals surface area contributed by atoms with Crippen molar-refractivity contribution in [3.8, 4) is 0 Å². The number of nitrogens with zero attached hydrogens (tertiary/aromatic N) is 2. The molecule has 0 saturated heterocycles. The lowest BCUT2D eigenvalue weighted by molar-refractivity contribution is 0.587. The molecule has 0 aliphatic carbocycles. The smallest absolute Gasteiger partial charge is 0.132 e. The zero-order valence-electron chi connectivity index (χ0n) is 9.69. The molecule has 86 valence electrons. The molecule has 4 nitrogen and oxygen atoms in total. The van der Waals surface area contributed by atoms with Crippen LogP contribution in [0.15, 0.2) is 18.5 Å². The van der Waals surface area contributed by atoms with E-state index in [4.69, 9.17) is 5.84 Å². The summed E-state index contributed by atoms with van der Waals surface area (Å²) < 4.78 is 1.98. The van der Waals surface area contributed by atoms with E-state index in [0.717, 1.165) is 5.82 Å². The fraction of sp³-hybridized carbons (Fsp3) is 0.364. The number of thiophene rings is 1. The Kier molecular flexibility index (Phi) is 3.09. The minimum atomic E-state index is -0.0302. The highest BCUT2D eigenvalue weighted by atomic mass is 32.1. The second kappa shape index (κ2) is 4.37. The molecule has 0 aliphatic heterocycles. The Morgan fingerprint density at radius 1 is 1.50 bits per heavy atom. The van der Waals surface area contributed by atoms with Crippen LogP contribution in [0, 0.1) is 13.8 Å². The van der Waals surface area contributed by atoms with Gasteiger partial charge in [0.2, 0.25) is 0 Å². The monoisotopic (exact) mass is 236 g/mol. The van der Waals surface area contributed by atoms with Gasteiger partial charge in [-0.05, 0) is 25.5 Å². The van der Waals surface area contributed by atoms with E-state index in [9.17, 15) is 0 Å². The Balaban J connectivity index is 2.40. The molecule has 2 rings (SSSR count). The standard InChI is InChI=1S/C11H16N4S/c1-7-6-9(16-8(7)2)10(14-12)11-13-4-5-15(11)3/h4-6,10,14H,12H2,1-3H3. The van der Waals surface area contributed by atoms with Crippen LogP contribution < -0.4 is 11.3 Å². The number of imidazole rings is 1. The number of rotatable bonds is 3. The van der Waals surface area contributed by atoms with Crippen LogP contribution in [0.2, 0.25) is 0 Å². The molecule has 0 fully saturated rings. The van der Waals surface area contributed by atoms with Gasteiger partial charge in [0, 0.05) is 29.2 Å². The van der Waals surface area contributed by atoms with Crippen LogP contribution in [0.1, 0.15) is 27.2 Å². The first-order chi connectivity index (χ1) is 7.63. The summed E-state index contributed by atoms with van der Waals surface area (Å²) >= 11 is 1.76. The van der Waals surface area contributed by atoms with Crippen molar-refractivity contribution < 1.29 is 0 Å². The molecule has 0 spiro atoms. The molecule has 0 saturated carbocycles. The average Bonchev–Trinajstić information content (AvgIpc) is 2.78. The van der Waals surface area contributed by atoms with E-state index < -0.39 is 0 Å². The molecule has 1 unspecified atom stereocenters. The largest absolute Gasteiger partial charge is 0.336 e. The summed E-state index contributed by atoms with van der Waals surface area (Å²) in [5.41, 5.74) is 4.13. The van der Waals surface area contributed by atoms with E-state index in [1.165, 1.54) is 15.3 Å². The number of hydrazine groups is 1. The molecule has 0 radical (unpaired) electrons.